The van der Waals surface area contributed by atoms with E-state index in [-0.39, 0.29) is 12.5 Å². The fourth-order valence-corrected chi connectivity index (χ4v) is 3.80. The van der Waals surface area contributed by atoms with Gasteiger partial charge in [0.25, 0.3) is 11.8 Å². The summed E-state index contributed by atoms with van der Waals surface area (Å²) in [6.07, 6.45) is 0. The number of nitrogens with zero attached hydrogens (tertiary/aromatic N) is 2. The van der Waals surface area contributed by atoms with Gasteiger partial charge in [-0.25, -0.2) is 8.78 Å². The van der Waals surface area contributed by atoms with Gasteiger partial charge in [-0.05, 0) is 45.3 Å². The van der Waals surface area contributed by atoms with Crippen LogP contribution >= 0.6 is 0 Å². The Labute approximate surface area is 178 Å². The number of halogens is 2. The second-order valence-electron chi connectivity index (χ2n) is 9.28. The number of alkyl halides is 2. The molecule has 2 heterocycles. The van der Waals surface area contributed by atoms with E-state index in [1.54, 1.807) is 18.0 Å². The van der Waals surface area contributed by atoms with E-state index in [9.17, 15) is 13.6 Å². The van der Waals surface area contributed by atoms with Gasteiger partial charge in [0, 0.05) is 45.8 Å². The van der Waals surface area contributed by atoms with Crippen LogP contribution < -0.4 is 15.7 Å². The number of amides is 1. The molecule has 166 valence electrons. The van der Waals surface area contributed by atoms with Crippen molar-refractivity contribution in [2.24, 2.45) is 0 Å². The maximum Gasteiger partial charge on any atom is 0.494 e. The van der Waals surface area contributed by atoms with Crippen molar-refractivity contribution in [1.29, 1.82) is 0 Å². The third-order valence-electron chi connectivity index (χ3n) is 6.23. The average molecular weight is 423 g/mol. The van der Waals surface area contributed by atoms with Gasteiger partial charge in [0.2, 0.25) is 0 Å². The number of carbonyl (C=O) groups excluding carboxylic acids is 1. The maximum atomic E-state index is 13.4. The molecule has 0 saturated carbocycles. The van der Waals surface area contributed by atoms with Gasteiger partial charge in [-0.1, -0.05) is 6.07 Å². The Hall–Kier alpha value is -1.71. The van der Waals surface area contributed by atoms with Crippen molar-refractivity contribution >= 4 is 24.2 Å². The molecule has 1 N–H and O–H groups in total. The van der Waals surface area contributed by atoms with Gasteiger partial charge in [0.1, 0.15) is 0 Å². The lowest BCUT2D eigenvalue weighted by atomic mass is 9.78. The van der Waals surface area contributed by atoms with Crippen molar-refractivity contribution < 1.29 is 22.9 Å². The molecule has 0 spiro atoms. The number of piperazine rings is 1. The van der Waals surface area contributed by atoms with Crippen LogP contribution in [0.1, 0.15) is 45.0 Å². The van der Waals surface area contributed by atoms with Crippen LogP contribution in [-0.4, -0.2) is 74.8 Å². The molecular formula is C21H32BF2N3O3. The largest absolute Gasteiger partial charge is 0.494 e. The average Bonchev–Trinajstić information content (AvgIpc) is 2.87. The van der Waals surface area contributed by atoms with Gasteiger partial charge in [-0.3, -0.25) is 9.69 Å². The lowest BCUT2D eigenvalue weighted by Gasteiger charge is -2.37. The zero-order chi connectivity index (χ0) is 22.3. The molecule has 2 aliphatic heterocycles. The molecule has 1 aromatic carbocycles. The highest BCUT2D eigenvalue weighted by Gasteiger charge is 2.51. The number of hydrogen-bond donors (Lipinski definition) is 1. The molecule has 0 radical (unpaired) electrons. The van der Waals surface area contributed by atoms with Crippen LogP contribution in [-0.2, 0) is 9.31 Å². The standard InChI is InChI=1S/C21H32BF2N3O3/c1-19(2)20(3,4)30-22(29-19)15-7-8-16(18(28)25-6)17(13-15)27-11-9-26(10-12-27)14-21(5,23)24/h7-8,13H,9-12,14H2,1-6H3,(H,25,28). The number of carbonyl (C=O) groups is 1. The molecule has 2 aliphatic rings. The normalized spacial score (nSPS) is 21.7. The summed E-state index contributed by atoms with van der Waals surface area (Å²) in [7, 11) is 1.06. The second kappa shape index (κ2) is 8.09. The van der Waals surface area contributed by atoms with E-state index >= 15 is 0 Å². The van der Waals surface area contributed by atoms with Crippen LogP contribution in [0.5, 0.6) is 0 Å². The number of rotatable bonds is 5. The molecule has 0 unspecified atom stereocenters. The van der Waals surface area contributed by atoms with E-state index in [1.165, 1.54) is 0 Å². The Bertz CT molecular complexity index is 774. The fraction of sp³-hybridized carbons (Fsp3) is 0.667. The molecule has 9 heteroatoms. The molecule has 30 heavy (non-hydrogen) atoms. The minimum atomic E-state index is -2.72. The minimum absolute atomic E-state index is 0.187. The Balaban J connectivity index is 1.84. The number of nitrogens with one attached hydrogen (secondary N) is 1. The van der Waals surface area contributed by atoms with Crippen LogP contribution in [0.15, 0.2) is 18.2 Å². The van der Waals surface area contributed by atoms with Crippen LogP contribution in [0.3, 0.4) is 0 Å². The molecule has 3 rings (SSSR count). The Morgan fingerprint density at radius 2 is 1.70 bits per heavy atom. The summed E-state index contributed by atoms with van der Waals surface area (Å²) in [6.45, 7) is 10.8. The van der Waals surface area contributed by atoms with Crippen molar-refractivity contribution in [1.82, 2.24) is 10.2 Å². The van der Waals surface area contributed by atoms with E-state index in [0.29, 0.717) is 31.7 Å². The summed E-state index contributed by atoms with van der Waals surface area (Å²) in [6, 6.07) is 5.56. The molecule has 0 aromatic heterocycles. The summed E-state index contributed by atoms with van der Waals surface area (Å²) < 4.78 is 39.0. The summed E-state index contributed by atoms with van der Waals surface area (Å²) in [5.74, 6) is -2.90. The molecular weight excluding hydrogens is 391 g/mol. The first-order chi connectivity index (χ1) is 13.8. The van der Waals surface area contributed by atoms with Gasteiger partial charge in [0.05, 0.1) is 23.3 Å². The molecule has 6 nitrogen and oxygen atoms in total. The predicted molar refractivity (Wildman–Crippen MR) is 115 cm³/mol. The fourth-order valence-electron chi connectivity index (χ4n) is 3.80. The molecule has 1 aromatic rings. The Morgan fingerprint density at radius 1 is 1.13 bits per heavy atom. The molecule has 0 atom stereocenters. The molecule has 0 bridgehead atoms. The molecule has 2 fully saturated rings. The lowest BCUT2D eigenvalue weighted by molar-refractivity contribution is -0.0155. The monoisotopic (exact) mass is 423 g/mol. The predicted octanol–water partition coefficient (Wildman–Crippen LogP) is 2.12. The first kappa shape index (κ1) is 23.0. The summed E-state index contributed by atoms with van der Waals surface area (Å²) in [4.78, 5) is 16.3. The third-order valence-corrected chi connectivity index (χ3v) is 6.23. The SMILES string of the molecule is CNC(=O)c1ccc(B2OC(C)(C)C(C)(C)O2)cc1N1CCN(CC(C)(F)F)CC1. The van der Waals surface area contributed by atoms with Gasteiger partial charge in [0.15, 0.2) is 0 Å². The second-order valence-corrected chi connectivity index (χ2v) is 9.28. The minimum Gasteiger partial charge on any atom is -0.399 e. The van der Waals surface area contributed by atoms with Crippen LogP contribution in [0.4, 0.5) is 14.5 Å². The van der Waals surface area contributed by atoms with Gasteiger partial charge >= 0.3 is 7.12 Å². The van der Waals surface area contributed by atoms with E-state index in [0.717, 1.165) is 18.1 Å². The smallest absolute Gasteiger partial charge is 0.399 e. The molecule has 0 aliphatic carbocycles. The number of benzene rings is 1. The van der Waals surface area contributed by atoms with Crippen molar-refractivity contribution in [2.45, 2.75) is 51.7 Å². The van der Waals surface area contributed by atoms with Crippen molar-refractivity contribution in [2.75, 3.05) is 44.7 Å². The van der Waals surface area contributed by atoms with Gasteiger partial charge < -0.3 is 19.5 Å². The van der Waals surface area contributed by atoms with E-state index < -0.39 is 24.2 Å². The first-order valence-corrected chi connectivity index (χ1v) is 10.4. The summed E-state index contributed by atoms with van der Waals surface area (Å²) in [5.41, 5.74) is 1.22. The van der Waals surface area contributed by atoms with Crippen LogP contribution in [0, 0.1) is 0 Å². The molecule has 2 saturated heterocycles. The Kier molecular flexibility index (Phi) is 6.19. The highest BCUT2D eigenvalue weighted by atomic mass is 19.3. The van der Waals surface area contributed by atoms with Crippen LogP contribution in [0.25, 0.3) is 0 Å². The maximum absolute atomic E-state index is 13.4. The topological polar surface area (TPSA) is 54.0 Å². The zero-order valence-electron chi connectivity index (χ0n) is 18.7. The van der Waals surface area contributed by atoms with Crippen molar-refractivity contribution in [3.63, 3.8) is 0 Å². The van der Waals surface area contributed by atoms with Gasteiger partial charge in [-0.15, -0.1) is 0 Å². The quantitative estimate of drug-likeness (QED) is 0.736. The highest BCUT2D eigenvalue weighted by molar-refractivity contribution is 6.62. The first-order valence-electron chi connectivity index (χ1n) is 10.4. The number of hydrogen-bond acceptors (Lipinski definition) is 5. The number of anilines is 1. The third kappa shape index (κ3) is 4.79. The van der Waals surface area contributed by atoms with E-state index in [2.05, 4.69) is 10.2 Å². The van der Waals surface area contributed by atoms with Crippen LogP contribution in [0.2, 0.25) is 0 Å². The van der Waals surface area contributed by atoms with Gasteiger partial charge in [-0.2, -0.15) is 0 Å². The summed E-state index contributed by atoms with van der Waals surface area (Å²) in [5, 5.41) is 2.68. The zero-order valence-corrected chi connectivity index (χ0v) is 18.7. The van der Waals surface area contributed by atoms with Crippen molar-refractivity contribution in [3.8, 4) is 0 Å². The Morgan fingerprint density at radius 3 is 2.20 bits per heavy atom. The van der Waals surface area contributed by atoms with Crippen molar-refractivity contribution in [3.05, 3.63) is 23.8 Å². The van der Waals surface area contributed by atoms with E-state index in [4.69, 9.17) is 9.31 Å². The van der Waals surface area contributed by atoms with E-state index in [1.807, 2.05) is 39.8 Å². The highest BCUT2D eigenvalue weighted by Crippen LogP contribution is 2.37. The lowest BCUT2D eigenvalue weighted by Crippen LogP contribution is -2.50. The molecule has 1 amide bonds. The summed E-state index contributed by atoms with van der Waals surface area (Å²) >= 11 is 0.